The lowest BCUT2D eigenvalue weighted by atomic mass is 10.0. The number of unbranched alkanes of at least 4 members (excludes halogenated alkanes) is 11. The molecule has 0 saturated heterocycles. The Hall–Kier alpha value is -2.33. The molecule has 2 rings (SSSR count). The van der Waals surface area contributed by atoms with E-state index in [9.17, 15) is 4.79 Å². The zero-order valence-electron chi connectivity index (χ0n) is 25.3. The second-order valence-corrected chi connectivity index (χ2v) is 11.8. The molecule has 39 heavy (non-hydrogen) atoms. The molecule has 0 aliphatic rings. The van der Waals surface area contributed by atoms with Gasteiger partial charge in [0.25, 0.3) is 0 Å². The summed E-state index contributed by atoms with van der Waals surface area (Å²) in [7, 11) is 4.41. The minimum atomic E-state index is -0.143. The van der Waals surface area contributed by atoms with E-state index in [1.807, 2.05) is 18.2 Å². The van der Waals surface area contributed by atoms with Crippen molar-refractivity contribution in [1.29, 1.82) is 0 Å². The number of aryl methyl sites for hydroxylation is 1. The first-order valence-corrected chi connectivity index (χ1v) is 15.7. The molecular formula is C35H56NO3+. The Labute approximate surface area is 239 Å². The van der Waals surface area contributed by atoms with Crippen LogP contribution in [0.4, 0.5) is 0 Å². The Bertz CT molecular complexity index is 863. The quantitative estimate of drug-likeness (QED) is 0.0805. The van der Waals surface area contributed by atoms with Gasteiger partial charge >= 0.3 is 5.97 Å². The topological polar surface area (TPSA) is 35.5 Å². The van der Waals surface area contributed by atoms with E-state index < -0.39 is 0 Å². The zero-order chi connectivity index (χ0) is 28.0. The van der Waals surface area contributed by atoms with Gasteiger partial charge in [0.15, 0.2) is 0 Å². The molecule has 2 aromatic carbocycles. The number of nitrogens with zero attached hydrogens (tertiary/aromatic N) is 1. The van der Waals surface area contributed by atoms with Crippen molar-refractivity contribution in [3.8, 4) is 5.75 Å². The van der Waals surface area contributed by atoms with E-state index >= 15 is 0 Å². The average molecular weight is 539 g/mol. The number of carbonyl (C=O) groups is 1. The fraction of sp³-hybridized carbons (Fsp3) is 0.629. The summed E-state index contributed by atoms with van der Waals surface area (Å²) in [6.07, 6.45) is 19.0. The molecule has 4 heteroatoms. The van der Waals surface area contributed by atoms with E-state index in [-0.39, 0.29) is 5.97 Å². The van der Waals surface area contributed by atoms with Crippen LogP contribution in [-0.2, 0) is 22.5 Å². The lowest BCUT2D eigenvalue weighted by Crippen LogP contribution is -2.39. The second kappa shape index (κ2) is 20.6. The minimum absolute atomic E-state index is 0.143. The molecule has 0 N–H and O–H groups in total. The van der Waals surface area contributed by atoms with Gasteiger partial charge in [0, 0.05) is 12.0 Å². The van der Waals surface area contributed by atoms with Crippen molar-refractivity contribution in [2.75, 3.05) is 33.9 Å². The maximum absolute atomic E-state index is 12.1. The molecule has 0 spiro atoms. The molecular weight excluding hydrogens is 482 g/mol. The average Bonchev–Trinajstić information content (AvgIpc) is 2.92. The molecule has 0 heterocycles. The number of rotatable bonds is 23. The van der Waals surface area contributed by atoms with Gasteiger partial charge in [0.1, 0.15) is 25.5 Å². The Morgan fingerprint density at radius 1 is 0.667 bits per heavy atom. The van der Waals surface area contributed by atoms with Crippen molar-refractivity contribution < 1.29 is 18.8 Å². The predicted molar refractivity (Wildman–Crippen MR) is 164 cm³/mol. The molecule has 0 fully saturated rings. The largest absolute Gasteiger partial charge is 0.490 e. The van der Waals surface area contributed by atoms with Crippen molar-refractivity contribution >= 4 is 5.97 Å². The number of esters is 1. The number of carbonyl (C=O) groups excluding carboxylic acids is 1. The molecule has 0 aromatic heterocycles. The highest BCUT2D eigenvalue weighted by atomic mass is 16.6. The molecule has 0 atom stereocenters. The first-order chi connectivity index (χ1) is 19.0. The summed E-state index contributed by atoms with van der Waals surface area (Å²) in [6, 6.07) is 18.9. The zero-order valence-corrected chi connectivity index (χ0v) is 25.3. The van der Waals surface area contributed by atoms with Gasteiger partial charge < -0.3 is 14.0 Å². The minimum Gasteiger partial charge on any atom is -0.490 e. The number of hydrogen-bond acceptors (Lipinski definition) is 3. The van der Waals surface area contributed by atoms with Gasteiger partial charge in [-0.05, 0) is 30.5 Å². The highest BCUT2D eigenvalue weighted by Gasteiger charge is 2.16. The third-order valence-corrected chi connectivity index (χ3v) is 7.46. The number of benzene rings is 2. The van der Waals surface area contributed by atoms with Gasteiger partial charge in [0.05, 0.1) is 27.1 Å². The maximum Gasteiger partial charge on any atom is 0.306 e. The van der Waals surface area contributed by atoms with Crippen LogP contribution in [0.5, 0.6) is 5.75 Å². The molecule has 218 valence electrons. The predicted octanol–water partition coefficient (Wildman–Crippen LogP) is 8.91. The Balaban J connectivity index is 1.44. The second-order valence-electron chi connectivity index (χ2n) is 11.8. The van der Waals surface area contributed by atoms with Crippen LogP contribution in [0, 0.1) is 0 Å². The van der Waals surface area contributed by atoms with Gasteiger partial charge in [0.2, 0.25) is 0 Å². The van der Waals surface area contributed by atoms with Crippen LogP contribution in [0.2, 0.25) is 0 Å². The van der Waals surface area contributed by atoms with Crippen LogP contribution >= 0.6 is 0 Å². The van der Waals surface area contributed by atoms with E-state index in [0.29, 0.717) is 19.6 Å². The fourth-order valence-electron chi connectivity index (χ4n) is 5.12. The first-order valence-electron chi connectivity index (χ1n) is 15.7. The maximum atomic E-state index is 12.1. The van der Waals surface area contributed by atoms with Crippen molar-refractivity contribution in [1.82, 2.24) is 0 Å². The van der Waals surface area contributed by atoms with E-state index in [1.165, 1.54) is 88.2 Å². The van der Waals surface area contributed by atoms with E-state index in [2.05, 4.69) is 57.4 Å². The van der Waals surface area contributed by atoms with E-state index in [1.54, 1.807) is 0 Å². The summed E-state index contributed by atoms with van der Waals surface area (Å²) >= 11 is 0. The first kappa shape index (κ1) is 32.9. The summed E-state index contributed by atoms with van der Waals surface area (Å²) < 4.78 is 12.0. The monoisotopic (exact) mass is 538 g/mol. The summed E-state index contributed by atoms with van der Waals surface area (Å²) in [5, 5.41) is 0. The van der Waals surface area contributed by atoms with Gasteiger partial charge in [-0.2, -0.15) is 0 Å². The number of hydrogen-bond donors (Lipinski definition) is 0. The normalized spacial score (nSPS) is 11.5. The summed E-state index contributed by atoms with van der Waals surface area (Å²) in [4.78, 5) is 12.1. The lowest BCUT2D eigenvalue weighted by molar-refractivity contribution is -0.903. The van der Waals surface area contributed by atoms with Crippen molar-refractivity contribution in [3.05, 3.63) is 65.7 Å². The highest BCUT2D eigenvalue weighted by molar-refractivity contribution is 5.69. The molecule has 2 aromatic rings. The standard InChI is InChI=1S/C35H56NO3/c1-4-5-6-7-8-9-10-11-12-13-14-16-20-32-24-26-34(27-25-32)38-29-30-39-35(37)23-19-28-36(2,3)31-33-21-17-15-18-22-33/h15,17-18,21-22,24-27H,4-14,16,19-20,23,28-31H2,1-3H3/q+1. The lowest BCUT2D eigenvalue weighted by Gasteiger charge is -2.29. The van der Waals surface area contributed by atoms with Crippen LogP contribution in [0.25, 0.3) is 0 Å². The molecule has 0 saturated carbocycles. The third kappa shape index (κ3) is 17.1. The summed E-state index contributed by atoms with van der Waals surface area (Å²) in [5.74, 6) is 0.695. The Morgan fingerprint density at radius 3 is 1.87 bits per heavy atom. The van der Waals surface area contributed by atoms with Crippen LogP contribution in [0.3, 0.4) is 0 Å². The highest BCUT2D eigenvalue weighted by Crippen LogP contribution is 2.16. The van der Waals surface area contributed by atoms with Crippen molar-refractivity contribution in [2.24, 2.45) is 0 Å². The Kier molecular flexibility index (Phi) is 17.3. The van der Waals surface area contributed by atoms with Gasteiger partial charge in [-0.15, -0.1) is 0 Å². The molecule has 0 unspecified atom stereocenters. The molecule has 0 amide bonds. The number of quaternary nitrogens is 1. The molecule has 0 radical (unpaired) electrons. The van der Waals surface area contributed by atoms with Crippen molar-refractivity contribution in [3.63, 3.8) is 0 Å². The summed E-state index contributed by atoms with van der Waals surface area (Å²) in [5.41, 5.74) is 2.69. The van der Waals surface area contributed by atoms with Gasteiger partial charge in [-0.3, -0.25) is 4.79 Å². The van der Waals surface area contributed by atoms with E-state index in [4.69, 9.17) is 9.47 Å². The molecule has 0 aliphatic carbocycles. The summed E-state index contributed by atoms with van der Waals surface area (Å²) in [6.45, 7) is 4.86. The fourth-order valence-corrected chi connectivity index (χ4v) is 5.12. The molecule has 4 nitrogen and oxygen atoms in total. The van der Waals surface area contributed by atoms with Crippen molar-refractivity contribution in [2.45, 2.75) is 110 Å². The SMILES string of the molecule is CCCCCCCCCCCCCCc1ccc(OCCOC(=O)CCC[N+](C)(C)Cc2ccccc2)cc1. The molecule has 0 aliphatic heterocycles. The number of ether oxygens (including phenoxy) is 2. The van der Waals surface area contributed by atoms with Gasteiger partial charge in [-0.1, -0.05) is 120 Å². The van der Waals surface area contributed by atoms with Crippen LogP contribution in [-0.4, -0.2) is 44.3 Å². The third-order valence-electron chi connectivity index (χ3n) is 7.46. The Morgan fingerprint density at radius 2 is 1.26 bits per heavy atom. The smallest absolute Gasteiger partial charge is 0.306 e. The van der Waals surface area contributed by atoms with Gasteiger partial charge in [-0.25, -0.2) is 0 Å². The van der Waals surface area contributed by atoms with Crippen LogP contribution in [0.15, 0.2) is 54.6 Å². The van der Waals surface area contributed by atoms with Crippen LogP contribution < -0.4 is 4.74 Å². The van der Waals surface area contributed by atoms with Crippen LogP contribution in [0.1, 0.15) is 108 Å². The molecule has 0 bridgehead atoms. The van der Waals surface area contributed by atoms with E-state index in [0.717, 1.165) is 36.2 Å².